The van der Waals surface area contributed by atoms with Crippen LogP contribution >= 0.6 is 22.6 Å². The number of nitrogens with one attached hydrogen (secondary N) is 1. The number of carbonyl (C=O) groups excluding carboxylic acids is 1. The predicted octanol–water partition coefficient (Wildman–Crippen LogP) is 4.48. The van der Waals surface area contributed by atoms with E-state index in [-0.39, 0.29) is 23.0 Å². The number of hydrogen-bond donors (Lipinski definition) is 4. The van der Waals surface area contributed by atoms with Crippen LogP contribution in [0.15, 0.2) is 42.6 Å². The van der Waals surface area contributed by atoms with E-state index in [0.29, 0.717) is 46.1 Å². The fourth-order valence-corrected chi connectivity index (χ4v) is 5.16. The highest BCUT2D eigenvalue weighted by Gasteiger charge is 2.30. The van der Waals surface area contributed by atoms with Crippen LogP contribution in [0.2, 0.25) is 0 Å². The lowest BCUT2D eigenvalue weighted by Gasteiger charge is -2.29. The lowest BCUT2D eigenvalue weighted by molar-refractivity contribution is -0.0153. The van der Waals surface area contributed by atoms with Crippen LogP contribution in [-0.2, 0) is 0 Å². The van der Waals surface area contributed by atoms with Crippen molar-refractivity contribution in [1.82, 2.24) is 15.3 Å². The molecule has 190 valence electrons. The van der Waals surface area contributed by atoms with Crippen LogP contribution in [0.1, 0.15) is 66.2 Å². The highest BCUT2D eigenvalue weighted by Crippen LogP contribution is 2.34. The monoisotopic (exact) mass is 608 g/mol. The molecule has 1 saturated carbocycles. The van der Waals surface area contributed by atoms with E-state index < -0.39 is 35.8 Å². The van der Waals surface area contributed by atoms with Crippen molar-refractivity contribution >= 4 is 34.3 Å². The Morgan fingerprint density at radius 1 is 1.19 bits per heavy atom. The van der Waals surface area contributed by atoms with E-state index >= 15 is 4.39 Å². The summed E-state index contributed by atoms with van der Waals surface area (Å²) < 4.78 is 29.6. The van der Waals surface area contributed by atoms with Gasteiger partial charge in [0.05, 0.1) is 35.7 Å². The minimum absolute atomic E-state index is 0.109. The third-order valence-electron chi connectivity index (χ3n) is 6.51. The van der Waals surface area contributed by atoms with Crippen molar-refractivity contribution in [3.63, 3.8) is 0 Å². The minimum Gasteiger partial charge on any atom is -0.390 e. The first-order valence-corrected chi connectivity index (χ1v) is 12.8. The maximum absolute atomic E-state index is 15.1. The molecule has 1 amide bonds. The molecule has 0 bridgehead atoms. The number of hydrogen-bond acceptors (Lipinski definition) is 6. The molecule has 4 rings (SSSR count). The van der Waals surface area contributed by atoms with Crippen LogP contribution < -0.4 is 11.1 Å². The first kappa shape index (κ1) is 26.4. The fourth-order valence-electron chi connectivity index (χ4n) is 4.50. The number of carbonyl (C=O) groups is 1. The molecule has 1 aliphatic carbocycles. The molecule has 1 fully saturated rings. The molecule has 10 heteroatoms. The maximum atomic E-state index is 15.1. The van der Waals surface area contributed by atoms with Crippen LogP contribution in [0.3, 0.4) is 0 Å². The summed E-state index contributed by atoms with van der Waals surface area (Å²) in [5, 5.41) is 22.6. The number of nitrogens with zero attached hydrogens (tertiary/aromatic N) is 2. The lowest BCUT2D eigenvalue weighted by Crippen LogP contribution is -2.33. The van der Waals surface area contributed by atoms with Gasteiger partial charge in [-0.15, -0.1) is 0 Å². The maximum Gasteiger partial charge on any atom is 0.254 e. The molecule has 4 atom stereocenters. The van der Waals surface area contributed by atoms with Gasteiger partial charge in [-0.1, -0.05) is 13.0 Å². The van der Waals surface area contributed by atoms with E-state index in [0.717, 1.165) is 0 Å². The summed E-state index contributed by atoms with van der Waals surface area (Å²) in [6.45, 7) is 1.85. The summed E-state index contributed by atoms with van der Waals surface area (Å²) in [4.78, 5) is 21.6. The quantitative estimate of drug-likeness (QED) is 0.307. The first-order valence-electron chi connectivity index (χ1n) is 11.7. The Morgan fingerprint density at radius 2 is 1.97 bits per heavy atom. The Morgan fingerprint density at radius 3 is 2.64 bits per heavy atom. The van der Waals surface area contributed by atoms with Crippen molar-refractivity contribution < 1.29 is 23.8 Å². The number of aromatic nitrogens is 2. The number of rotatable bonds is 6. The van der Waals surface area contributed by atoms with Crippen LogP contribution in [0, 0.1) is 15.2 Å². The molecule has 0 radical (unpaired) electrons. The molecule has 36 heavy (non-hydrogen) atoms. The average molecular weight is 608 g/mol. The Labute approximate surface area is 221 Å². The normalized spacial score (nSPS) is 20.7. The second kappa shape index (κ2) is 11.1. The van der Waals surface area contributed by atoms with Gasteiger partial charge in [0, 0.05) is 15.1 Å². The van der Waals surface area contributed by atoms with E-state index in [9.17, 15) is 19.4 Å². The summed E-state index contributed by atoms with van der Waals surface area (Å²) in [7, 11) is 0. The van der Waals surface area contributed by atoms with Crippen LogP contribution in [0.25, 0.3) is 11.3 Å². The Hall–Kier alpha value is -2.70. The molecule has 1 aromatic heterocycles. The highest BCUT2D eigenvalue weighted by molar-refractivity contribution is 14.1. The van der Waals surface area contributed by atoms with Crippen LogP contribution in [0.5, 0.6) is 0 Å². The molecular formula is C26H27F2IN4O3. The summed E-state index contributed by atoms with van der Waals surface area (Å²) in [6, 6.07) is 8.13. The number of nitrogens with two attached hydrogens (primary N) is 1. The molecule has 3 aromatic rings. The molecule has 0 unspecified atom stereocenters. The van der Waals surface area contributed by atoms with Crippen LogP contribution in [0.4, 0.5) is 14.6 Å². The average Bonchev–Trinajstić information content (AvgIpc) is 2.83. The fraction of sp³-hybridized carbons (Fsp3) is 0.346. The van der Waals surface area contributed by atoms with Gasteiger partial charge in [-0.25, -0.2) is 18.7 Å². The number of anilines is 1. The second-order valence-electron chi connectivity index (χ2n) is 9.01. The summed E-state index contributed by atoms with van der Waals surface area (Å²) in [5.41, 5.74) is 7.71. The molecule has 1 aliphatic rings. The van der Waals surface area contributed by atoms with Gasteiger partial charge in [0.15, 0.2) is 0 Å². The van der Waals surface area contributed by atoms with Crippen molar-refractivity contribution in [3.05, 3.63) is 74.6 Å². The van der Waals surface area contributed by atoms with E-state index in [2.05, 4.69) is 15.3 Å². The minimum atomic E-state index is -0.843. The Balaban J connectivity index is 1.56. The van der Waals surface area contributed by atoms with Gasteiger partial charge in [0.2, 0.25) is 0 Å². The molecule has 2 aromatic carbocycles. The SMILES string of the molecule is CC[C@@H](NC(=O)c1ccc(-c2nc([C@@H]3CC[C@@H](O)[C@H](O)C3)cnc2N)cc1F)c1cc(F)cc(I)c1. The van der Waals surface area contributed by atoms with E-state index in [1.807, 2.05) is 29.5 Å². The summed E-state index contributed by atoms with van der Waals surface area (Å²) >= 11 is 2.00. The van der Waals surface area contributed by atoms with Crippen molar-refractivity contribution in [3.8, 4) is 11.3 Å². The molecule has 7 nitrogen and oxygen atoms in total. The first-order chi connectivity index (χ1) is 17.2. The largest absolute Gasteiger partial charge is 0.390 e. The molecule has 0 saturated heterocycles. The zero-order valence-corrected chi connectivity index (χ0v) is 21.7. The van der Waals surface area contributed by atoms with Gasteiger partial charge in [0.1, 0.15) is 23.1 Å². The van der Waals surface area contributed by atoms with Gasteiger partial charge >= 0.3 is 0 Å². The molecule has 0 spiro atoms. The van der Waals surface area contributed by atoms with Crippen molar-refractivity contribution in [2.45, 2.75) is 56.8 Å². The number of aliphatic hydroxyl groups is 2. The number of aliphatic hydroxyl groups excluding tert-OH is 2. The Bertz CT molecular complexity index is 1260. The lowest BCUT2D eigenvalue weighted by atomic mass is 9.83. The third kappa shape index (κ3) is 5.81. The smallest absolute Gasteiger partial charge is 0.254 e. The van der Waals surface area contributed by atoms with Gasteiger partial charge in [-0.3, -0.25) is 4.79 Å². The summed E-state index contributed by atoms with van der Waals surface area (Å²) in [5.74, 6) is -1.77. The second-order valence-corrected chi connectivity index (χ2v) is 10.3. The van der Waals surface area contributed by atoms with Crippen molar-refractivity contribution in [2.75, 3.05) is 5.73 Å². The van der Waals surface area contributed by atoms with E-state index in [4.69, 9.17) is 5.73 Å². The van der Waals surface area contributed by atoms with E-state index in [1.54, 1.807) is 12.1 Å². The zero-order valence-electron chi connectivity index (χ0n) is 19.6. The Kier molecular flexibility index (Phi) is 8.16. The van der Waals surface area contributed by atoms with Crippen molar-refractivity contribution in [1.29, 1.82) is 0 Å². The van der Waals surface area contributed by atoms with Gasteiger partial charge in [0.25, 0.3) is 5.91 Å². The number of amides is 1. The van der Waals surface area contributed by atoms with Crippen molar-refractivity contribution in [2.24, 2.45) is 0 Å². The zero-order chi connectivity index (χ0) is 26.0. The highest BCUT2D eigenvalue weighted by atomic mass is 127. The molecule has 0 aliphatic heterocycles. The van der Waals surface area contributed by atoms with Crippen LogP contribution in [-0.4, -0.2) is 38.3 Å². The number of benzene rings is 2. The number of nitrogen functional groups attached to an aromatic ring is 1. The standard InChI is InChI=1S/C26H27F2IN4O3/c1-2-20(15-7-16(27)11-17(29)8-15)33-26(36)18-5-3-14(9-19(18)28)24-25(30)31-12-21(32-24)13-4-6-22(34)23(35)10-13/h3,5,7-9,11-13,20,22-23,34-35H,2,4,6,10H2,1H3,(H2,30,31)(H,33,36)/t13-,20-,22-,23-/m1/s1. The molecule has 1 heterocycles. The van der Waals surface area contributed by atoms with E-state index in [1.165, 1.54) is 30.5 Å². The summed E-state index contributed by atoms with van der Waals surface area (Å²) in [6.07, 6.45) is 1.85. The topological polar surface area (TPSA) is 121 Å². The predicted molar refractivity (Wildman–Crippen MR) is 140 cm³/mol. The molecule has 5 N–H and O–H groups in total. The van der Waals surface area contributed by atoms with Gasteiger partial charge < -0.3 is 21.3 Å². The number of halogens is 3. The van der Waals surface area contributed by atoms with Gasteiger partial charge in [-0.2, -0.15) is 0 Å². The van der Waals surface area contributed by atoms with Gasteiger partial charge in [-0.05, 0) is 84.2 Å². The third-order valence-corrected chi connectivity index (χ3v) is 7.13. The molecular weight excluding hydrogens is 581 g/mol.